The smallest absolute Gasteiger partial charge is 0.318 e. The molecule has 0 fully saturated rings. The number of hydrogen-bond acceptors (Lipinski definition) is 5. The van der Waals surface area contributed by atoms with Gasteiger partial charge in [-0.1, -0.05) is 6.07 Å². The lowest BCUT2D eigenvalue weighted by Crippen LogP contribution is -2.12. The topological polar surface area (TPSA) is 61.8 Å². The van der Waals surface area contributed by atoms with Gasteiger partial charge in [0.2, 0.25) is 0 Å². The van der Waals surface area contributed by atoms with Gasteiger partial charge in [0.1, 0.15) is 18.0 Å². The molecule has 0 N–H and O–H groups in total. The number of methoxy groups -OCH3 is 2. The second-order valence-corrected chi connectivity index (χ2v) is 4.20. The van der Waals surface area contributed by atoms with Gasteiger partial charge in [-0.05, 0) is 30.2 Å². The maximum atomic E-state index is 11.5. The van der Waals surface area contributed by atoms with E-state index in [2.05, 4.69) is 0 Å². The zero-order valence-electron chi connectivity index (χ0n) is 11.4. The molecule has 0 spiro atoms. The highest BCUT2D eigenvalue weighted by Crippen LogP contribution is 2.19. The Hall–Kier alpha value is -1.72. The van der Waals surface area contributed by atoms with E-state index >= 15 is 0 Å². The van der Waals surface area contributed by atoms with Gasteiger partial charge < -0.3 is 14.2 Å². The molecule has 5 nitrogen and oxygen atoms in total. The first-order valence-electron chi connectivity index (χ1n) is 5.86. The summed E-state index contributed by atoms with van der Waals surface area (Å²) < 4.78 is 15.2. The third kappa shape index (κ3) is 5.63. The van der Waals surface area contributed by atoms with Gasteiger partial charge >= 0.3 is 5.97 Å². The summed E-state index contributed by atoms with van der Waals surface area (Å²) in [5, 5.41) is 0. The predicted molar refractivity (Wildman–Crippen MR) is 68.8 cm³/mol. The Bertz CT molecular complexity index is 429. The van der Waals surface area contributed by atoms with Crippen LogP contribution in [0.4, 0.5) is 0 Å². The van der Waals surface area contributed by atoms with Crippen LogP contribution in [0, 0.1) is 0 Å². The molecule has 0 saturated carbocycles. The fourth-order valence-corrected chi connectivity index (χ4v) is 1.66. The lowest BCUT2D eigenvalue weighted by Gasteiger charge is -2.09. The lowest BCUT2D eigenvalue weighted by molar-refractivity contribution is -0.137. The van der Waals surface area contributed by atoms with E-state index in [9.17, 15) is 9.59 Å². The molecule has 5 heteroatoms. The zero-order valence-corrected chi connectivity index (χ0v) is 11.4. The Kier molecular flexibility index (Phi) is 6.18. The van der Waals surface area contributed by atoms with Crippen molar-refractivity contribution in [3.05, 3.63) is 29.3 Å². The average Bonchev–Trinajstić information content (AvgIpc) is 2.28. The SMILES string of the molecule is COCc1cc(COC)cc(OC(=O)CC(C)=O)c1. The molecule has 0 unspecified atom stereocenters. The number of esters is 1. The van der Waals surface area contributed by atoms with Crippen molar-refractivity contribution in [3.63, 3.8) is 0 Å². The lowest BCUT2D eigenvalue weighted by atomic mass is 10.1. The van der Waals surface area contributed by atoms with Crippen LogP contribution >= 0.6 is 0 Å². The average molecular weight is 266 g/mol. The van der Waals surface area contributed by atoms with E-state index in [1.807, 2.05) is 6.07 Å². The van der Waals surface area contributed by atoms with Crippen molar-refractivity contribution in [2.75, 3.05) is 14.2 Å². The van der Waals surface area contributed by atoms with Crippen LogP contribution in [0.15, 0.2) is 18.2 Å². The Balaban J connectivity index is 2.85. The number of rotatable bonds is 7. The van der Waals surface area contributed by atoms with Crippen molar-refractivity contribution >= 4 is 11.8 Å². The van der Waals surface area contributed by atoms with E-state index in [-0.39, 0.29) is 12.2 Å². The molecule has 0 amide bonds. The summed E-state index contributed by atoms with van der Waals surface area (Å²) in [7, 11) is 3.18. The number of hydrogen-bond donors (Lipinski definition) is 0. The van der Waals surface area contributed by atoms with Gasteiger partial charge in [0, 0.05) is 14.2 Å². The first-order chi connectivity index (χ1) is 9.05. The Morgan fingerprint density at radius 2 is 1.53 bits per heavy atom. The van der Waals surface area contributed by atoms with Crippen LogP contribution in [0.1, 0.15) is 24.5 Å². The maximum absolute atomic E-state index is 11.5. The summed E-state index contributed by atoms with van der Waals surface area (Å²) in [6.07, 6.45) is -0.228. The molecule has 1 aromatic rings. The van der Waals surface area contributed by atoms with Crippen LogP contribution in [0.2, 0.25) is 0 Å². The van der Waals surface area contributed by atoms with Gasteiger partial charge in [0.25, 0.3) is 0 Å². The third-order valence-electron chi connectivity index (χ3n) is 2.27. The Morgan fingerprint density at radius 3 is 1.95 bits per heavy atom. The molecule has 0 radical (unpaired) electrons. The first-order valence-corrected chi connectivity index (χ1v) is 5.86. The van der Waals surface area contributed by atoms with Gasteiger partial charge in [-0.25, -0.2) is 0 Å². The molecule has 0 aliphatic rings. The van der Waals surface area contributed by atoms with Gasteiger partial charge in [0.05, 0.1) is 13.2 Å². The first kappa shape index (κ1) is 15.3. The van der Waals surface area contributed by atoms with E-state index in [0.29, 0.717) is 19.0 Å². The van der Waals surface area contributed by atoms with Gasteiger partial charge in [0.15, 0.2) is 0 Å². The molecule has 0 aliphatic carbocycles. The molecular weight excluding hydrogens is 248 g/mol. The largest absolute Gasteiger partial charge is 0.426 e. The van der Waals surface area contributed by atoms with Crippen LogP contribution in [0.3, 0.4) is 0 Å². The predicted octanol–water partition coefficient (Wildman–Crippen LogP) is 1.86. The van der Waals surface area contributed by atoms with Crippen molar-refractivity contribution in [2.24, 2.45) is 0 Å². The fourth-order valence-electron chi connectivity index (χ4n) is 1.66. The number of benzene rings is 1. The second kappa shape index (κ2) is 7.66. The van der Waals surface area contributed by atoms with Crippen LogP contribution in [-0.2, 0) is 32.3 Å². The summed E-state index contributed by atoms with van der Waals surface area (Å²) in [6.45, 7) is 2.17. The highest BCUT2D eigenvalue weighted by Gasteiger charge is 2.10. The van der Waals surface area contributed by atoms with E-state index in [4.69, 9.17) is 14.2 Å². The summed E-state index contributed by atoms with van der Waals surface area (Å²) in [5.41, 5.74) is 1.75. The third-order valence-corrected chi connectivity index (χ3v) is 2.27. The maximum Gasteiger partial charge on any atom is 0.318 e. The molecule has 1 rings (SSSR count). The van der Waals surface area contributed by atoms with E-state index in [1.54, 1.807) is 26.4 Å². The van der Waals surface area contributed by atoms with Crippen molar-refractivity contribution in [2.45, 2.75) is 26.6 Å². The fraction of sp³-hybridized carbons (Fsp3) is 0.429. The van der Waals surface area contributed by atoms with E-state index in [1.165, 1.54) is 6.92 Å². The van der Waals surface area contributed by atoms with Crippen LogP contribution in [-0.4, -0.2) is 26.0 Å². The van der Waals surface area contributed by atoms with Crippen molar-refractivity contribution in [1.29, 1.82) is 0 Å². The molecule has 0 heterocycles. The monoisotopic (exact) mass is 266 g/mol. The number of ketones is 1. The summed E-state index contributed by atoms with van der Waals surface area (Å²) >= 11 is 0. The summed E-state index contributed by atoms with van der Waals surface area (Å²) in [4.78, 5) is 22.3. The Labute approximate surface area is 112 Å². The van der Waals surface area contributed by atoms with Gasteiger partial charge in [-0.15, -0.1) is 0 Å². The molecule has 0 aromatic heterocycles. The molecule has 1 aromatic carbocycles. The van der Waals surface area contributed by atoms with Crippen molar-refractivity contribution in [3.8, 4) is 5.75 Å². The van der Waals surface area contributed by atoms with E-state index < -0.39 is 5.97 Å². The molecule has 0 saturated heterocycles. The van der Waals surface area contributed by atoms with Gasteiger partial charge in [-0.2, -0.15) is 0 Å². The van der Waals surface area contributed by atoms with E-state index in [0.717, 1.165) is 11.1 Å². The van der Waals surface area contributed by atoms with Crippen molar-refractivity contribution in [1.82, 2.24) is 0 Å². The standard InChI is InChI=1S/C14H18O5/c1-10(15)4-14(16)19-13-6-11(8-17-2)5-12(7-13)9-18-3/h5-7H,4,8-9H2,1-3H3. The minimum atomic E-state index is -0.564. The molecule has 0 aliphatic heterocycles. The highest BCUT2D eigenvalue weighted by atomic mass is 16.5. The minimum absolute atomic E-state index is 0.227. The minimum Gasteiger partial charge on any atom is -0.426 e. The quantitative estimate of drug-likeness (QED) is 0.428. The van der Waals surface area contributed by atoms with Crippen molar-refractivity contribution < 1.29 is 23.8 Å². The molecule has 19 heavy (non-hydrogen) atoms. The second-order valence-electron chi connectivity index (χ2n) is 4.20. The molecule has 0 atom stereocenters. The molecule has 0 bridgehead atoms. The number of Topliss-reactive ketones (excluding diaryl/α,β-unsaturated/α-hetero) is 1. The number of carbonyl (C=O) groups excluding carboxylic acids is 2. The molecule has 104 valence electrons. The number of carbonyl (C=O) groups is 2. The van der Waals surface area contributed by atoms with Gasteiger partial charge in [-0.3, -0.25) is 9.59 Å². The van der Waals surface area contributed by atoms with Crippen LogP contribution in [0.5, 0.6) is 5.75 Å². The summed E-state index contributed by atoms with van der Waals surface area (Å²) in [6, 6.07) is 5.33. The highest BCUT2D eigenvalue weighted by molar-refractivity contribution is 5.94. The Morgan fingerprint density at radius 1 is 1.00 bits per heavy atom. The molecular formula is C14H18O5. The summed E-state index contributed by atoms with van der Waals surface area (Å²) in [5.74, 6) is -0.395. The zero-order chi connectivity index (χ0) is 14.3. The van der Waals surface area contributed by atoms with Crippen LogP contribution < -0.4 is 4.74 Å². The van der Waals surface area contributed by atoms with Crippen LogP contribution in [0.25, 0.3) is 0 Å². The normalized spacial score (nSPS) is 10.3. The number of ether oxygens (including phenoxy) is 3.